The number of nitrogens with one attached hydrogen (secondary N) is 1. The van der Waals surface area contributed by atoms with Crippen LogP contribution < -0.4 is 10.1 Å². The molecule has 2 heterocycles. The Hall–Kier alpha value is -2.58. The van der Waals surface area contributed by atoms with Crippen LogP contribution in [0.5, 0.6) is 5.75 Å². The Labute approximate surface area is 142 Å². The molecule has 1 saturated heterocycles. The van der Waals surface area contributed by atoms with E-state index in [9.17, 15) is 0 Å². The minimum atomic E-state index is 0.0140. The van der Waals surface area contributed by atoms with E-state index < -0.39 is 0 Å². The number of hydrogen-bond donors (Lipinski definition) is 1. The van der Waals surface area contributed by atoms with Crippen LogP contribution in [0, 0.1) is 11.3 Å². The number of aromatic nitrogens is 1. The van der Waals surface area contributed by atoms with Gasteiger partial charge in [-0.15, -0.1) is 0 Å². The normalized spacial score (nSPS) is 16.2. The lowest BCUT2D eigenvalue weighted by Gasteiger charge is -2.38. The predicted molar refractivity (Wildman–Crippen MR) is 92.2 cm³/mol. The van der Waals surface area contributed by atoms with E-state index in [2.05, 4.69) is 28.5 Å². The molecule has 0 amide bonds. The second-order valence-electron chi connectivity index (χ2n) is 6.02. The number of ether oxygens (including phenoxy) is 2. The van der Waals surface area contributed by atoms with Gasteiger partial charge in [-0.05, 0) is 42.7 Å². The molecule has 0 spiro atoms. The summed E-state index contributed by atoms with van der Waals surface area (Å²) in [5, 5.41) is 12.3. The molecule has 1 fully saturated rings. The summed E-state index contributed by atoms with van der Waals surface area (Å²) in [4.78, 5) is 4.30. The van der Waals surface area contributed by atoms with Gasteiger partial charge in [0.15, 0.2) is 0 Å². The maximum Gasteiger partial charge on any atom is 0.125 e. The van der Waals surface area contributed by atoms with E-state index in [-0.39, 0.29) is 5.41 Å². The minimum absolute atomic E-state index is 0.0140. The molecule has 5 nitrogen and oxygen atoms in total. The zero-order chi connectivity index (χ0) is 16.8. The summed E-state index contributed by atoms with van der Waals surface area (Å²) in [7, 11) is 1.68. The monoisotopic (exact) mass is 323 g/mol. The van der Waals surface area contributed by atoms with Gasteiger partial charge in [0.05, 0.1) is 12.7 Å². The summed E-state index contributed by atoms with van der Waals surface area (Å²) in [6, 6.07) is 14.0. The van der Waals surface area contributed by atoms with Gasteiger partial charge in [0.1, 0.15) is 17.6 Å². The molecule has 0 radical (unpaired) electrons. The minimum Gasteiger partial charge on any atom is -0.497 e. The van der Waals surface area contributed by atoms with Crippen LogP contribution in [-0.2, 0) is 10.2 Å². The van der Waals surface area contributed by atoms with Crippen molar-refractivity contribution in [3.05, 3.63) is 53.7 Å². The first-order chi connectivity index (χ1) is 11.8. The van der Waals surface area contributed by atoms with Crippen LogP contribution in [-0.4, -0.2) is 31.9 Å². The number of methoxy groups -OCH3 is 1. The number of nitriles is 1. The first kappa shape index (κ1) is 16.3. The van der Waals surface area contributed by atoms with Crippen molar-refractivity contribution >= 4 is 5.82 Å². The summed E-state index contributed by atoms with van der Waals surface area (Å²) in [6.45, 7) is 2.30. The Morgan fingerprint density at radius 1 is 1.21 bits per heavy atom. The highest BCUT2D eigenvalue weighted by molar-refractivity contribution is 5.41. The quantitative estimate of drug-likeness (QED) is 0.915. The van der Waals surface area contributed by atoms with E-state index in [1.54, 1.807) is 19.4 Å². The molecular weight excluding hydrogens is 302 g/mol. The Morgan fingerprint density at radius 3 is 2.54 bits per heavy atom. The molecule has 0 bridgehead atoms. The zero-order valence-corrected chi connectivity index (χ0v) is 13.8. The van der Waals surface area contributed by atoms with Crippen molar-refractivity contribution in [2.45, 2.75) is 18.3 Å². The van der Waals surface area contributed by atoms with Crippen molar-refractivity contribution in [1.29, 1.82) is 5.26 Å². The molecule has 0 aliphatic carbocycles. The molecule has 0 atom stereocenters. The summed E-state index contributed by atoms with van der Waals surface area (Å²) in [6.07, 6.45) is 3.51. The molecular formula is C19H21N3O2. The first-order valence-electron chi connectivity index (χ1n) is 8.08. The molecule has 3 rings (SSSR count). The number of rotatable bonds is 5. The Morgan fingerprint density at radius 2 is 1.96 bits per heavy atom. The van der Waals surface area contributed by atoms with Crippen molar-refractivity contribution in [3.63, 3.8) is 0 Å². The van der Waals surface area contributed by atoms with Gasteiger partial charge in [0.25, 0.3) is 0 Å². The van der Waals surface area contributed by atoms with E-state index in [1.165, 1.54) is 5.56 Å². The highest BCUT2D eigenvalue weighted by Gasteiger charge is 2.34. The fourth-order valence-corrected chi connectivity index (χ4v) is 3.10. The fraction of sp³-hybridized carbons (Fsp3) is 0.368. The predicted octanol–water partition coefficient (Wildman–Crippen LogP) is 3.12. The van der Waals surface area contributed by atoms with Crippen LogP contribution in [0.2, 0.25) is 0 Å². The average Bonchev–Trinajstić information content (AvgIpc) is 2.67. The maximum atomic E-state index is 8.86. The standard InChI is InChI=1S/C19H21N3O2/c1-23-17-5-3-16(4-6-17)19(8-10-24-11-9-19)14-22-18-7-2-15(12-20)13-21-18/h2-7,13H,8-11,14H2,1H3,(H,21,22). The fourth-order valence-electron chi connectivity index (χ4n) is 3.10. The Balaban J connectivity index is 1.78. The third-order valence-corrected chi connectivity index (χ3v) is 4.65. The summed E-state index contributed by atoms with van der Waals surface area (Å²) in [5.74, 6) is 1.65. The van der Waals surface area contributed by atoms with Crippen molar-refractivity contribution in [2.24, 2.45) is 0 Å². The molecule has 1 aliphatic rings. The first-order valence-corrected chi connectivity index (χ1v) is 8.08. The summed E-state index contributed by atoms with van der Waals surface area (Å²) >= 11 is 0. The summed E-state index contributed by atoms with van der Waals surface area (Å²) < 4.78 is 10.8. The van der Waals surface area contributed by atoms with E-state index in [4.69, 9.17) is 14.7 Å². The van der Waals surface area contributed by atoms with Gasteiger partial charge in [0, 0.05) is 31.4 Å². The van der Waals surface area contributed by atoms with Gasteiger partial charge in [-0.3, -0.25) is 0 Å². The maximum absolute atomic E-state index is 8.86. The number of hydrogen-bond acceptors (Lipinski definition) is 5. The topological polar surface area (TPSA) is 67.2 Å². The van der Waals surface area contributed by atoms with Crippen molar-refractivity contribution in [3.8, 4) is 11.8 Å². The molecule has 0 saturated carbocycles. The van der Waals surface area contributed by atoms with Crippen molar-refractivity contribution < 1.29 is 9.47 Å². The van der Waals surface area contributed by atoms with Crippen LogP contribution in [0.1, 0.15) is 24.0 Å². The lowest BCUT2D eigenvalue weighted by Crippen LogP contribution is -2.40. The van der Waals surface area contributed by atoms with Crippen molar-refractivity contribution in [2.75, 3.05) is 32.2 Å². The lowest BCUT2D eigenvalue weighted by molar-refractivity contribution is 0.0543. The third-order valence-electron chi connectivity index (χ3n) is 4.65. The molecule has 124 valence electrons. The zero-order valence-electron chi connectivity index (χ0n) is 13.8. The Bertz CT molecular complexity index is 699. The molecule has 1 aromatic heterocycles. The van der Waals surface area contributed by atoms with E-state index in [1.807, 2.05) is 18.2 Å². The van der Waals surface area contributed by atoms with Gasteiger partial charge in [-0.2, -0.15) is 5.26 Å². The molecule has 1 aliphatic heterocycles. The van der Waals surface area contributed by atoms with Gasteiger partial charge < -0.3 is 14.8 Å². The van der Waals surface area contributed by atoms with Crippen LogP contribution in [0.4, 0.5) is 5.82 Å². The van der Waals surface area contributed by atoms with Crippen molar-refractivity contribution in [1.82, 2.24) is 4.98 Å². The highest BCUT2D eigenvalue weighted by atomic mass is 16.5. The van der Waals surface area contributed by atoms with E-state index >= 15 is 0 Å². The van der Waals surface area contributed by atoms with Crippen LogP contribution in [0.25, 0.3) is 0 Å². The molecule has 24 heavy (non-hydrogen) atoms. The second kappa shape index (κ2) is 7.33. The number of anilines is 1. The average molecular weight is 323 g/mol. The van der Waals surface area contributed by atoms with Crippen LogP contribution in [0.15, 0.2) is 42.6 Å². The van der Waals surface area contributed by atoms with Gasteiger partial charge >= 0.3 is 0 Å². The Kier molecular flexibility index (Phi) is 4.97. The summed E-state index contributed by atoms with van der Waals surface area (Å²) in [5.41, 5.74) is 1.87. The number of pyridine rings is 1. The number of benzene rings is 1. The van der Waals surface area contributed by atoms with Gasteiger partial charge in [0.2, 0.25) is 0 Å². The highest BCUT2D eigenvalue weighted by Crippen LogP contribution is 2.35. The van der Waals surface area contributed by atoms with Crippen LogP contribution in [0.3, 0.4) is 0 Å². The molecule has 1 N–H and O–H groups in total. The largest absolute Gasteiger partial charge is 0.497 e. The van der Waals surface area contributed by atoms with Crippen LogP contribution >= 0.6 is 0 Å². The van der Waals surface area contributed by atoms with Gasteiger partial charge in [-0.1, -0.05) is 12.1 Å². The van der Waals surface area contributed by atoms with E-state index in [0.717, 1.165) is 44.2 Å². The number of nitrogens with zero attached hydrogens (tertiary/aromatic N) is 2. The van der Waals surface area contributed by atoms with Gasteiger partial charge in [-0.25, -0.2) is 4.98 Å². The molecule has 5 heteroatoms. The van der Waals surface area contributed by atoms with E-state index in [0.29, 0.717) is 5.56 Å². The molecule has 2 aromatic rings. The lowest BCUT2D eigenvalue weighted by atomic mass is 9.74. The second-order valence-corrected chi connectivity index (χ2v) is 6.02. The SMILES string of the molecule is COc1ccc(C2(CNc3ccc(C#N)cn3)CCOCC2)cc1. The molecule has 0 unspecified atom stereocenters. The third kappa shape index (κ3) is 3.50. The molecule has 1 aromatic carbocycles. The smallest absolute Gasteiger partial charge is 0.125 e.